The minimum Gasteiger partial charge on any atom is -0.389 e. The summed E-state index contributed by atoms with van der Waals surface area (Å²) < 4.78 is 6.58. The molecule has 1 heterocycles. The highest BCUT2D eigenvalue weighted by Gasteiger charge is 2.06. The highest BCUT2D eigenvalue weighted by molar-refractivity contribution is 9.10. The Hall–Kier alpha value is -0.430. The number of thiophene rings is 1. The SMILES string of the molecule is OC(CNCc1cc(Br)cs1)COCc1ccccc1Cl. The number of halogens is 2. The molecule has 1 aromatic carbocycles. The van der Waals surface area contributed by atoms with Gasteiger partial charge in [-0.1, -0.05) is 29.8 Å². The number of hydrogen-bond acceptors (Lipinski definition) is 4. The zero-order valence-electron chi connectivity index (χ0n) is 11.4. The molecule has 0 saturated heterocycles. The minimum absolute atomic E-state index is 0.284. The molecule has 0 aliphatic rings. The number of aliphatic hydroxyl groups is 1. The van der Waals surface area contributed by atoms with Gasteiger partial charge in [-0.2, -0.15) is 0 Å². The normalized spacial score (nSPS) is 12.5. The van der Waals surface area contributed by atoms with Gasteiger partial charge in [-0.05, 0) is 33.6 Å². The number of aliphatic hydroxyl groups excluding tert-OH is 1. The first kappa shape index (κ1) is 16.9. The predicted molar refractivity (Wildman–Crippen MR) is 90.8 cm³/mol. The van der Waals surface area contributed by atoms with Crippen molar-refractivity contribution in [2.75, 3.05) is 13.2 Å². The van der Waals surface area contributed by atoms with Crippen molar-refractivity contribution < 1.29 is 9.84 Å². The number of ether oxygens (including phenoxy) is 1. The summed E-state index contributed by atoms with van der Waals surface area (Å²) in [7, 11) is 0. The third-order valence-corrected chi connectivity index (χ3v) is 4.89. The molecule has 1 atom stereocenters. The van der Waals surface area contributed by atoms with Crippen molar-refractivity contribution in [1.29, 1.82) is 0 Å². The van der Waals surface area contributed by atoms with E-state index >= 15 is 0 Å². The van der Waals surface area contributed by atoms with E-state index in [1.54, 1.807) is 11.3 Å². The molecule has 0 bridgehead atoms. The Morgan fingerprint density at radius 1 is 1.38 bits per heavy atom. The lowest BCUT2D eigenvalue weighted by molar-refractivity contribution is 0.0288. The summed E-state index contributed by atoms with van der Waals surface area (Å²) in [4.78, 5) is 1.23. The molecule has 0 fully saturated rings. The molecule has 114 valence electrons. The van der Waals surface area contributed by atoms with E-state index in [1.807, 2.05) is 29.6 Å². The maximum absolute atomic E-state index is 9.85. The van der Waals surface area contributed by atoms with Gasteiger partial charge in [0.25, 0.3) is 0 Å². The van der Waals surface area contributed by atoms with E-state index in [0.29, 0.717) is 18.2 Å². The fourth-order valence-electron chi connectivity index (χ4n) is 1.79. The van der Waals surface area contributed by atoms with Gasteiger partial charge in [-0.15, -0.1) is 11.3 Å². The lowest BCUT2D eigenvalue weighted by atomic mass is 10.2. The van der Waals surface area contributed by atoms with Gasteiger partial charge >= 0.3 is 0 Å². The number of rotatable bonds is 8. The molecular formula is C15H17BrClNO2S. The van der Waals surface area contributed by atoms with Crippen LogP contribution >= 0.6 is 38.9 Å². The maximum Gasteiger partial charge on any atom is 0.0897 e. The standard InChI is InChI=1S/C15H17BrClNO2S/c16-12-5-14(21-10-12)7-18-6-13(19)9-20-8-11-3-1-2-4-15(11)17/h1-5,10,13,18-19H,6-9H2. The Morgan fingerprint density at radius 3 is 2.90 bits per heavy atom. The van der Waals surface area contributed by atoms with Gasteiger partial charge in [0.1, 0.15) is 0 Å². The fourth-order valence-corrected chi connectivity index (χ4v) is 3.40. The monoisotopic (exact) mass is 389 g/mol. The summed E-state index contributed by atoms with van der Waals surface area (Å²) in [6.45, 7) is 1.94. The number of benzene rings is 1. The zero-order valence-corrected chi connectivity index (χ0v) is 14.5. The van der Waals surface area contributed by atoms with Gasteiger partial charge in [0.2, 0.25) is 0 Å². The van der Waals surface area contributed by atoms with Crippen LogP contribution in [0.25, 0.3) is 0 Å². The summed E-state index contributed by atoms with van der Waals surface area (Å²) >= 11 is 11.1. The third-order valence-electron chi connectivity index (χ3n) is 2.83. The van der Waals surface area contributed by atoms with Crippen LogP contribution in [0.4, 0.5) is 0 Å². The second-order valence-electron chi connectivity index (χ2n) is 4.62. The molecule has 0 radical (unpaired) electrons. The maximum atomic E-state index is 9.85. The van der Waals surface area contributed by atoms with E-state index in [-0.39, 0.29) is 6.61 Å². The molecule has 6 heteroatoms. The quantitative estimate of drug-likeness (QED) is 0.720. The van der Waals surface area contributed by atoms with Crippen LogP contribution in [0.1, 0.15) is 10.4 Å². The van der Waals surface area contributed by atoms with E-state index in [4.69, 9.17) is 16.3 Å². The molecular weight excluding hydrogens is 374 g/mol. The second-order valence-corrected chi connectivity index (χ2v) is 6.94. The molecule has 2 N–H and O–H groups in total. The van der Waals surface area contributed by atoms with Crippen molar-refractivity contribution in [1.82, 2.24) is 5.32 Å². The molecule has 0 aliphatic carbocycles. The van der Waals surface area contributed by atoms with Crippen LogP contribution in [-0.4, -0.2) is 24.4 Å². The topological polar surface area (TPSA) is 41.5 Å². The van der Waals surface area contributed by atoms with Crippen molar-refractivity contribution >= 4 is 38.9 Å². The van der Waals surface area contributed by atoms with Crippen LogP contribution in [0.3, 0.4) is 0 Å². The van der Waals surface area contributed by atoms with Crippen LogP contribution in [-0.2, 0) is 17.9 Å². The predicted octanol–water partition coefficient (Wildman–Crippen LogP) is 3.83. The van der Waals surface area contributed by atoms with Crippen molar-refractivity contribution in [2.45, 2.75) is 19.3 Å². The third kappa shape index (κ3) is 6.06. The molecule has 0 spiro atoms. The highest BCUT2D eigenvalue weighted by atomic mass is 79.9. The van der Waals surface area contributed by atoms with Crippen molar-refractivity contribution in [3.63, 3.8) is 0 Å². The van der Waals surface area contributed by atoms with Gasteiger partial charge < -0.3 is 15.2 Å². The molecule has 21 heavy (non-hydrogen) atoms. The summed E-state index contributed by atoms with van der Waals surface area (Å²) in [6, 6.07) is 9.62. The molecule has 0 saturated carbocycles. The Morgan fingerprint density at radius 2 is 2.19 bits per heavy atom. The lowest BCUT2D eigenvalue weighted by Gasteiger charge is -2.12. The Bertz CT molecular complexity index is 564. The number of hydrogen-bond donors (Lipinski definition) is 2. The highest BCUT2D eigenvalue weighted by Crippen LogP contribution is 2.19. The molecule has 0 amide bonds. The summed E-state index contributed by atoms with van der Waals surface area (Å²) in [5.41, 5.74) is 0.933. The molecule has 2 rings (SSSR count). The van der Waals surface area contributed by atoms with Gasteiger partial charge in [0, 0.05) is 32.8 Å². The molecule has 1 unspecified atom stereocenters. The second kappa shape index (κ2) is 8.88. The minimum atomic E-state index is -0.532. The Kier molecular flexibility index (Phi) is 7.16. The van der Waals surface area contributed by atoms with E-state index in [9.17, 15) is 5.11 Å². The van der Waals surface area contributed by atoms with Gasteiger partial charge in [-0.3, -0.25) is 0 Å². The summed E-state index contributed by atoms with van der Waals surface area (Å²) in [6.07, 6.45) is -0.532. The smallest absolute Gasteiger partial charge is 0.0897 e. The summed E-state index contributed by atoms with van der Waals surface area (Å²) in [5.74, 6) is 0. The summed E-state index contributed by atoms with van der Waals surface area (Å²) in [5, 5.41) is 15.8. The molecule has 1 aromatic heterocycles. The van der Waals surface area contributed by atoms with Crippen molar-refractivity contribution in [2.24, 2.45) is 0 Å². The van der Waals surface area contributed by atoms with Gasteiger partial charge in [0.05, 0.1) is 19.3 Å². The first-order chi connectivity index (χ1) is 10.1. The lowest BCUT2D eigenvalue weighted by Crippen LogP contribution is -2.29. The Labute approximate surface area is 142 Å². The largest absolute Gasteiger partial charge is 0.389 e. The molecule has 0 aliphatic heterocycles. The fraction of sp³-hybridized carbons (Fsp3) is 0.333. The average molecular weight is 391 g/mol. The van der Waals surface area contributed by atoms with E-state index in [1.165, 1.54) is 4.88 Å². The molecule has 2 aromatic rings. The Balaban J connectivity index is 1.61. The van der Waals surface area contributed by atoms with E-state index in [0.717, 1.165) is 16.6 Å². The van der Waals surface area contributed by atoms with Crippen molar-refractivity contribution in [3.8, 4) is 0 Å². The average Bonchev–Trinajstić information content (AvgIpc) is 2.87. The van der Waals surface area contributed by atoms with Gasteiger partial charge in [0.15, 0.2) is 0 Å². The van der Waals surface area contributed by atoms with E-state index < -0.39 is 6.10 Å². The number of nitrogens with one attached hydrogen (secondary N) is 1. The first-order valence-electron chi connectivity index (χ1n) is 6.58. The van der Waals surface area contributed by atoms with Crippen LogP contribution in [0.2, 0.25) is 5.02 Å². The van der Waals surface area contributed by atoms with E-state index in [2.05, 4.69) is 27.3 Å². The van der Waals surface area contributed by atoms with Gasteiger partial charge in [-0.25, -0.2) is 0 Å². The first-order valence-corrected chi connectivity index (χ1v) is 8.63. The van der Waals surface area contributed by atoms with Crippen LogP contribution < -0.4 is 5.32 Å². The van der Waals surface area contributed by atoms with Crippen LogP contribution in [0.15, 0.2) is 40.2 Å². The molecule has 3 nitrogen and oxygen atoms in total. The van der Waals surface area contributed by atoms with Crippen LogP contribution in [0.5, 0.6) is 0 Å². The van der Waals surface area contributed by atoms with Crippen LogP contribution in [0, 0.1) is 0 Å². The van der Waals surface area contributed by atoms with Crippen molar-refractivity contribution in [3.05, 3.63) is 55.6 Å². The zero-order chi connectivity index (χ0) is 15.1.